The van der Waals surface area contributed by atoms with Gasteiger partial charge >= 0.3 is 5.97 Å². The molecule has 1 aliphatic carbocycles. The smallest absolute Gasteiger partial charge is 0.326 e. The molecule has 112 valence electrons. The predicted molar refractivity (Wildman–Crippen MR) is 79.0 cm³/mol. The van der Waals surface area contributed by atoms with E-state index in [0.717, 1.165) is 25.7 Å². The second-order valence-corrected chi connectivity index (χ2v) is 6.24. The summed E-state index contributed by atoms with van der Waals surface area (Å²) >= 11 is 0. The normalized spacial score (nSPS) is 29.3. The lowest BCUT2D eigenvalue weighted by atomic mass is 9.67. The van der Waals surface area contributed by atoms with Gasteiger partial charge < -0.3 is 4.74 Å². The minimum Gasteiger partial charge on any atom is -0.465 e. The third-order valence-electron chi connectivity index (χ3n) is 4.53. The summed E-state index contributed by atoms with van der Waals surface area (Å²) in [6.45, 7) is 11.1. The van der Waals surface area contributed by atoms with Crippen LogP contribution in [-0.4, -0.2) is 24.2 Å². The van der Waals surface area contributed by atoms with Gasteiger partial charge in [-0.1, -0.05) is 33.6 Å². The molecule has 1 fully saturated rings. The Bertz CT molecular complexity index is 290. The van der Waals surface area contributed by atoms with Gasteiger partial charge in [-0.15, -0.1) is 0 Å². The Morgan fingerprint density at radius 2 is 2.00 bits per heavy atom. The van der Waals surface area contributed by atoms with E-state index in [4.69, 9.17) is 4.74 Å². The van der Waals surface area contributed by atoms with Crippen LogP contribution in [0.1, 0.15) is 66.7 Å². The Balaban J connectivity index is 3.02. The molecule has 3 nitrogen and oxygen atoms in total. The first kappa shape index (κ1) is 16.5. The van der Waals surface area contributed by atoms with Gasteiger partial charge in [0, 0.05) is 6.04 Å². The Labute approximate surface area is 118 Å². The Kier molecular flexibility index (Phi) is 6.31. The number of carbonyl (C=O) groups excluding carboxylic acids is 1. The highest BCUT2D eigenvalue weighted by atomic mass is 16.5. The van der Waals surface area contributed by atoms with E-state index in [1.54, 1.807) is 0 Å². The first-order valence-corrected chi connectivity index (χ1v) is 7.92. The molecule has 0 bridgehead atoms. The van der Waals surface area contributed by atoms with E-state index in [1.165, 1.54) is 6.42 Å². The summed E-state index contributed by atoms with van der Waals surface area (Å²) in [5, 5.41) is 3.62. The van der Waals surface area contributed by atoms with Gasteiger partial charge in [0.15, 0.2) is 0 Å². The molecule has 0 amide bonds. The first-order chi connectivity index (χ1) is 8.97. The number of hydrogen-bond donors (Lipinski definition) is 1. The zero-order chi connectivity index (χ0) is 14.5. The van der Waals surface area contributed by atoms with Crippen molar-refractivity contribution in [3.05, 3.63) is 0 Å². The molecule has 0 aromatic rings. The number of nitrogens with one attached hydrogen (secondary N) is 1. The summed E-state index contributed by atoms with van der Waals surface area (Å²) in [6, 6.07) is 0.351. The zero-order valence-electron chi connectivity index (χ0n) is 13.3. The van der Waals surface area contributed by atoms with Crippen LogP contribution in [-0.2, 0) is 9.53 Å². The maximum atomic E-state index is 12.6. The molecule has 0 heterocycles. The van der Waals surface area contributed by atoms with Crippen molar-refractivity contribution in [1.29, 1.82) is 0 Å². The summed E-state index contributed by atoms with van der Waals surface area (Å²) in [6.07, 6.45) is 5.42. The summed E-state index contributed by atoms with van der Waals surface area (Å²) in [7, 11) is 0. The van der Waals surface area contributed by atoms with E-state index in [-0.39, 0.29) is 5.97 Å². The van der Waals surface area contributed by atoms with Crippen LogP contribution >= 0.6 is 0 Å². The van der Waals surface area contributed by atoms with Crippen LogP contribution in [0, 0.1) is 11.8 Å². The third kappa shape index (κ3) is 3.71. The molecule has 0 aromatic carbocycles. The molecule has 1 N–H and O–H groups in total. The van der Waals surface area contributed by atoms with Crippen LogP contribution in [0.15, 0.2) is 0 Å². The number of ether oxygens (including phenoxy) is 1. The van der Waals surface area contributed by atoms with Crippen molar-refractivity contribution in [1.82, 2.24) is 5.32 Å². The van der Waals surface area contributed by atoms with Gasteiger partial charge in [-0.2, -0.15) is 0 Å². The van der Waals surface area contributed by atoms with Crippen molar-refractivity contribution in [2.45, 2.75) is 78.3 Å². The van der Waals surface area contributed by atoms with Crippen molar-refractivity contribution in [2.24, 2.45) is 11.8 Å². The molecule has 3 heteroatoms. The maximum Gasteiger partial charge on any atom is 0.326 e. The van der Waals surface area contributed by atoms with Crippen LogP contribution in [0.2, 0.25) is 0 Å². The summed E-state index contributed by atoms with van der Waals surface area (Å²) in [5.74, 6) is 0.851. The zero-order valence-corrected chi connectivity index (χ0v) is 13.3. The molecule has 1 aliphatic rings. The fourth-order valence-electron chi connectivity index (χ4n) is 3.40. The highest BCUT2D eigenvalue weighted by Gasteiger charge is 2.49. The molecular weight excluding hydrogens is 238 g/mol. The van der Waals surface area contributed by atoms with Crippen molar-refractivity contribution in [3.63, 3.8) is 0 Å². The first-order valence-electron chi connectivity index (χ1n) is 7.92. The van der Waals surface area contributed by atoms with Crippen LogP contribution in [0.4, 0.5) is 0 Å². The van der Waals surface area contributed by atoms with E-state index in [9.17, 15) is 4.79 Å². The lowest BCUT2D eigenvalue weighted by Gasteiger charge is -2.46. The average Bonchev–Trinajstić information content (AvgIpc) is 2.39. The molecule has 19 heavy (non-hydrogen) atoms. The van der Waals surface area contributed by atoms with E-state index in [2.05, 4.69) is 33.0 Å². The van der Waals surface area contributed by atoms with Crippen LogP contribution in [0.3, 0.4) is 0 Å². The van der Waals surface area contributed by atoms with E-state index < -0.39 is 5.54 Å². The highest BCUT2D eigenvalue weighted by molar-refractivity contribution is 5.81. The highest BCUT2D eigenvalue weighted by Crippen LogP contribution is 2.40. The number of hydrogen-bond acceptors (Lipinski definition) is 3. The predicted octanol–water partition coefficient (Wildman–Crippen LogP) is 3.52. The second kappa shape index (κ2) is 7.28. The van der Waals surface area contributed by atoms with Crippen molar-refractivity contribution in [3.8, 4) is 0 Å². The third-order valence-corrected chi connectivity index (χ3v) is 4.53. The van der Waals surface area contributed by atoms with Crippen LogP contribution < -0.4 is 5.32 Å². The molecule has 0 saturated heterocycles. The molecular formula is C16H31NO2. The van der Waals surface area contributed by atoms with Crippen LogP contribution in [0.5, 0.6) is 0 Å². The fraction of sp³-hybridized carbons (Fsp3) is 0.938. The van der Waals surface area contributed by atoms with Gasteiger partial charge in [0.2, 0.25) is 0 Å². The molecule has 3 unspecified atom stereocenters. The van der Waals surface area contributed by atoms with Gasteiger partial charge in [0.05, 0.1) is 6.61 Å². The lowest BCUT2D eigenvalue weighted by molar-refractivity contribution is -0.157. The molecule has 3 atom stereocenters. The Hall–Kier alpha value is -0.570. The molecule has 0 aliphatic heterocycles. The van der Waals surface area contributed by atoms with E-state index in [1.807, 2.05) is 6.92 Å². The summed E-state index contributed by atoms with van der Waals surface area (Å²) in [5.41, 5.74) is -0.460. The van der Waals surface area contributed by atoms with Crippen molar-refractivity contribution < 1.29 is 9.53 Å². The quantitative estimate of drug-likeness (QED) is 0.750. The van der Waals surface area contributed by atoms with E-state index >= 15 is 0 Å². The molecule has 0 radical (unpaired) electrons. The molecule has 0 aromatic heterocycles. The number of esters is 1. The van der Waals surface area contributed by atoms with Crippen molar-refractivity contribution >= 4 is 5.97 Å². The monoisotopic (exact) mass is 269 g/mol. The second-order valence-electron chi connectivity index (χ2n) is 6.24. The average molecular weight is 269 g/mol. The van der Waals surface area contributed by atoms with Crippen molar-refractivity contribution in [2.75, 3.05) is 6.61 Å². The SMILES string of the molecule is CCOC(=O)C1(NC(C)CC)CCCCC1C(C)C. The minimum atomic E-state index is -0.460. The topological polar surface area (TPSA) is 38.3 Å². The molecule has 1 rings (SSSR count). The van der Waals surface area contributed by atoms with Gasteiger partial charge in [-0.05, 0) is 44.9 Å². The van der Waals surface area contributed by atoms with Gasteiger partial charge in [0.25, 0.3) is 0 Å². The largest absolute Gasteiger partial charge is 0.465 e. The standard InChI is InChI=1S/C16H31NO2/c1-6-13(5)17-16(15(18)19-7-2)11-9-8-10-14(16)12(3)4/h12-14,17H,6-11H2,1-5H3. The van der Waals surface area contributed by atoms with Gasteiger partial charge in [-0.3, -0.25) is 10.1 Å². The number of rotatable bonds is 6. The minimum absolute atomic E-state index is 0.0336. The van der Waals surface area contributed by atoms with Crippen LogP contribution in [0.25, 0.3) is 0 Å². The molecule has 1 saturated carbocycles. The molecule has 0 spiro atoms. The van der Waals surface area contributed by atoms with Gasteiger partial charge in [0.1, 0.15) is 5.54 Å². The Morgan fingerprint density at radius 1 is 1.32 bits per heavy atom. The maximum absolute atomic E-state index is 12.6. The van der Waals surface area contributed by atoms with Gasteiger partial charge in [-0.25, -0.2) is 0 Å². The lowest BCUT2D eigenvalue weighted by Crippen LogP contribution is -2.62. The number of carbonyl (C=O) groups is 1. The fourth-order valence-corrected chi connectivity index (χ4v) is 3.40. The summed E-state index contributed by atoms with van der Waals surface area (Å²) in [4.78, 5) is 12.6. The summed E-state index contributed by atoms with van der Waals surface area (Å²) < 4.78 is 5.41. The van der Waals surface area contributed by atoms with E-state index in [0.29, 0.717) is 24.5 Å². The Morgan fingerprint density at radius 3 is 2.53 bits per heavy atom.